The minimum Gasteiger partial charge on any atom is -0.477 e. The highest BCUT2D eigenvalue weighted by atomic mass is 32.1. The molecule has 3 rings (SSSR count). The van der Waals surface area contributed by atoms with Gasteiger partial charge in [0.2, 0.25) is 0 Å². The molecule has 2 heterocycles. The Morgan fingerprint density at radius 3 is 2.62 bits per heavy atom. The van der Waals surface area contributed by atoms with Gasteiger partial charge in [0, 0.05) is 4.88 Å². The van der Waals surface area contributed by atoms with Crippen molar-refractivity contribution in [2.75, 3.05) is 5.32 Å². The lowest BCUT2D eigenvalue weighted by atomic mass is 10.1. The average Bonchev–Trinajstić information content (AvgIpc) is 3.01. The van der Waals surface area contributed by atoms with Crippen molar-refractivity contribution in [3.63, 3.8) is 0 Å². The SMILES string of the molecule is O=C(O)c1ccc(NC(=O)c2cc3c(s2)CCCCC3)s1. The molecular weight excluding hydrogens is 306 g/mol. The minimum absolute atomic E-state index is 0.146. The second-order valence-electron chi connectivity index (χ2n) is 5.04. The monoisotopic (exact) mass is 321 g/mol. The van der Waals surface area contributed by atoms with Gasteiger partial charge in [-0.2, -0.15) is 0 Å². The number of carboxylic acid groups (broad SMARTS) is 1. The van der Waals surface area contributed by atoms with Gasteiger partial charge in [0.25, 0.3) is 5.91 Å². The fourth-order valence-electron chi connectivity index (χ4n) is 2.47. The fraction of sp³-hybridized carbons (Fsp3) is 0.333. The number of aryl methyl sites for hydroxylation is 2. The van der Waals surface area contributed by atoms with E-state index < -0.39 is 5.97 Å². The molecular formula is C15H15NO3S2. The van der Waals surface area contributed by atoms with E-state index in [1.54, 1.807) is 17.4 Å². The molecule has 6 heteroatoms. The Hall–Kier alpha value is -1.66. The zero-order valence-corrected chi connectivity index (χ0v) is 13.0. The van der Waals surface area contributed by atoms with Crippen molar-refractivity contribution in [1.29, 1.82) is 0 Å². The molecule has 2 aromatic rings. The third kappa shape index (κ3) is 3.16. The number of anilines is 1. The normalized spacial score (nSPS) is 14.3. The van der Waals surface area contributed by atoms with Crippen molar-refractivity contribution in [2.24, 2.45) is 0 Å². The standard InChI is InChI=1S/C15H15NO3S2/c17-14(16-13-7-6-11(21-13)15(18)19)12-8-9-4-2-1-3-5-10(9)20-12/h6-8H,1-5H2,(H,16,17)(H,18,19). The number of nitrogens with one attached hydrogen (secondary N) is 1. The van der Waals surface area contributed by atoms with E-state index in [1.807, 2.05) is 6.07 Å². The van der Waals surface area contributed by atoms with Crippen molar-refractivity contribution in [2.45, 2.75) is 32.1 Å². The summed E-state index contributed by atoms with van der Waals surface area (Å²) in [4.78, 5) is 25.4. The lowest BCUT2D eigenvalue weighted by Crippen LogP contribution is -2.08. The number of amides is 1. The van der Waals surface area contributed by atoms with Gasteiger partial charge in [-0.05, 0) is 49.4 Å². The van der Waals surface area contributed by atoms with Gasteiger partial charge in [-0.15, -0.1) is 22.7 Å². The van der Waals surface area contributed by atoms with Crippen LogP contribution in [0.1, 0.15) is 49.0 Å². The minimum atomic E-state index is -0.969. The molecule has 0 saturated heterocycles. The quantitative estimate of drug-likeness (QED) is 0.839. The van der Waals surface area contributed by atoms with Crippen molar-refractivity contribution >= 4 is 39.6 Å². The number of aromatic carboxylic acids is 1. The first-order valence-electron chi connectivity index (χ1n) is 6.89. The molecule has 0 atom stereocenters. The van der Waals surface area contributed by atoms with E-state index in [2.05, 4.69) is 5.32 Å². The number of rotatable bonds is 3. The Balaban J connectivity index is 1.74. The first kappa shape index (κ1) is 14.3. The Morgan fingerprint density at radius 1 is 1.05 bits per heavy atom. The van der Waals surface area contributed by atoms with Gasteiger partial charge in [-0.3, -0.25) is 4.79 Å². The molecule has 1 aliphatic rings. The largest absolute Gasteiger partial charge is 0.477 e. The lowest BCUT2D eigenvalue weighted by Gasteiger charge is -1.99. The summed E-state index contributed by atoms with van der Waals surface area (Å²) < 4.78 is 0. The lowest BCUT2D eigenvalue weighted by molar-refractivity contribution is 0.0702. The first-order chi connectivity index (χ1) is 10.1. The maximum atomic E-state index is 12.3. The third-order valence-electron chi connectivity index (χ3n) is 3.52. The second-order valence-corrected chi connectivity index (χ2v) is 7.26. The van der Waals surface area contributed by atoms with Crippen LogP contribution in [0.5, 0.6) is 0 Å². The highest BCUT2D eigenvalue weighted by Gasteiger charge is 2.17. The van der Waals surface area contributed by atoms with E-state index >= 15 is 0 Å². The Kier molecular flexibility index (Phi) is 4.07. The fourth-order valence-corrected chi connectivity index (χ4v) is 4.36. The molecule has 0 saturated carbocycles. The predicted octanol–water partition coefficient (Wildman–Crippen LogP) is 4.03. The van der Waals surface area contributed by atoms with Gasteiger partial charge < -0.3 is 10.4 Å². The summed E-state index contributed by atoms with van der Waals surface area (Å²) in [5, 5.41) is 12.2. The van der Waals surface area contributed by atoms with Crippen LogP contribution >= 0.6 is 22.7 Å². The van der Waals surface area contributed by atoms with E-state index in [0.29, 0.717) is 9.88 Å². The molecule has 0 unspecified atom stereocenters. The van der Waals surface area contributed by atoms with Crippen LogP contribution in [0.25, 0.3) is 0 Å². The highest BCUT2D eigenvalue weighted by molar-refractivity contribution is 7.18. The van der Waals surface area contributed by atoms with Crippen molar-refractivity contribution in [3.8, 4) is 0 Å². The van der Waals surface area contributed by atoms with Gasteiger partial charge in [0.1, 0.15) is 4.88 Å². The molecule has 0 fully saturated rings. The topological polar surface area (TPSA) is 66.4 Å². The second kappa shape index (κ2) is 5.99. The average molecular weight is 321 g/mol. The molecule has 2 N–H and O–H groups in total. The van der Waals surface area contributed by atoms with E-state index in [9.17, 15) is 9.59 Å². The third-order valence-corrected chi connectivity index (χ3v) is 5.75. The number of hydrogen-bond donors (Lipinski definition) is 2. The number of hydrogen-bond acceptors (Lipinski definition) is 4. The summed E-state index contributed by atoms with van der Waals surface area (Å²) in [6, 6.07) is 5.13. The number of carbonyl (C=O) groups is 2. The molecule has 21 heavy (non-hydrogen) atoms. The molecule has 2 aromatic heterocycles. The van der Waals surface area contributed by atoms with E-state index in [4.69, 9.17) is 5.11 Å². The molecule has 0 aliphatic heterocycles. The Bertz CT molecular complexity index is 663. The van der Waals surface area contributed by atoms with Crippen molar-refractivity contribution < 1.29 is 14.7 Å². The van der Waals surface area contributed by atoms with Gasteiger partial charge >= 0.3 is 5.97 Å². The van der Waals surface area contributed by atoms with Crippen LogP contribution in [0, 0.1) is 0 Å². The van der Waals surface area contributed by atoms with Crippen LogP contribution in [0.3, 0.4) is 0 Å². The molecule has 1 aliphatic carbocycles. The van der Waals surface area contributed by atoms with Gasteiger partial charge in [-0.25, -0.2) is 4.79 Å². The van der Waals surface area contributed by atoms with Gasteiger partial charge in [0.05, 0.1) is 9.88 Å². The Morgan fingerprint density at radius 2 is 1.86 bits per heavy atom. The smallest absolute Gasteiger partial charge is 0.345 e. The van der Waals surface area contributed by atoms with Crippen molar-refractivity contribution in [1.82, 2.24) is 0 Å². The van der Waals surface area contributed by atoms with E-state index in [-0.39, 0.29) is 10.8 Å². The summed E-state index contributed by atoms with van der Waals surface area (Å²) >= 11 is 2.64. The molecule has 0 bridgehead atoms. The molecule has 0 radical (unpaired) electrons. The van der Waals surface area contributed by atoms with Crippen LogP contribution in [0.2, 0.25) is 0 Å². The zero-order chi connectivity index (χ0) is 14.8. The molecule has 1 amide bonds. The van der Waals surface area contributed by atoms with Gasteiger partial charge in [-0.1, -0.05) is 6.42 Å². The first-order valence-corrected chi connectivity index (χ1v) is 8.53. The van der Waals surface area contributed by atoms with Gasteiger partial charge in [0.15, 0.2) is 0 Å². The highest BCUT2D eigenvalue weighted by Crippen LogP contribution is 2.30. The number of thiophene rings is 2. The number of carbonyl (C=O) groups excluding carboxylic acids is 1. The summed E-state index contributed by atoms with van der Waals surface area (Å²) in [6.45, 7) is 0. The van der Waals surface area contributed by atoms with Crippen molar-refractivity contribution in [3.05, 3.63) is 38.4 Å². The summed E-state index contributed by atoms with van der Waals surface area (Å²) in [5.74, 6) is -1.12. The summed E-state index contributed by atoms with van der Waals surface area (Å²) in [6.07, 6.45) is 5.77. The van der Waals surface area contributed by atoms with Crippen LogP contribution in [-0.2, 0) is 12.8 Å². The maximum Gasteiger partial charge on any atom is 0.345 e. The predicted molar refractivity (Wildman–Crippen MR) is 84.8 cm³/mol. The zero-order valence-electron chi connectivity index (χ0n) is 11.3. The van der Waals surface area contributed by atoms with Crippen LogP contribution < -0.4 is 5.32 Å². The Labute approximate surface area is 130 Å². The van der Waals surface area contributed by atoms with E-state index in [0.717, 1.165) is 24.2 Å². The maximum absolute atomic E-state index is 12.3. The molecule has 4 nitrogen and oxygen atoms in total. The van der Waals surface area contributed by atoms with Crippen LogP contribution in [0.4, 0.5) is 5.00 Å². The van der Waals surface area contributed by atoms with E-state index in [1.165, 1.54) is 35.8 Å². The number of fused-ring (bicyclic) bond motifs is 1. The molecule has 110 valence electrons. The molecule has 0 spiro atoms. The number of carboxylic acids is 1. The molecule has 0 aromatic carbocycles. The summed E-state index contributed by atoms with van der Waals surface area (Å²) in [5.41, 5.74) is 1.31. The summed E-state index contributed by atoms with van der Waals surface area (Å²) in [7, 11) is 0. The van der Waals surface area contributed by atoms with Crippen LogP contribution in [-0.4, -0.2) is 17.0 Å². The van der Waals surface area contributed by atoms with Crippen LogP contribution in [0.15, 0.2) is 18.2 Å².